The SMILES string of the molecule is COc1ccc(CN2CCC3C2C(=O)NCC(CCC(=O)N2CCCC2)N3C)cc1. The van der Waals surface area contributed by atoms with E-state index in [0.717, 1.165) is 57.6 Å². The third-order valence-corrected chi connectivity index (χ3v) is 7.04. The number of methoxy groups -OCH3 is 1. The first-order chi connectivity index (χ1) is 14.6. The van der Waals surface area contributed by atoms with E-state index in [9.17, 15) is 9.59 Å². The molecule has 4 rings (SSSR count). The van der Waals surface area contributed by atoms with Crippen LogP contribution >= 0.6 is 0 Å². The zero-order valence-corrected chi connectivity index (χ0v) is 18.2. The van der Waals surface area contributed by atoms with Gasteiger partial charge in [-0.1, -0.05) is 12.1 Å². The van der Waals surface area contributed by atoms with Crippen LogP contribution in [0.4, 0.5) is 0 Å². The lowest BCUT2D eigenvalue weighted by Gasteiger charge is -2.33. The monoisotopic (exact) mass is 414 g/mol. The number of ether oxygens (including phenoxy) is 1. The molecule has 1 N–H and O–H groups in total. The average molecular weight is 415 g/mol. The molecule has 7 nitrogen and oxygen atoms in total. The molecule has 0 saturated carbocycles. The molecule has 3 unspecified atom stereocenters. The molecule has 0 aromatic heterocycles. The molecule has 164 valence electrons. The summed E-state index contributed by atoms with van der Waals surface area (Å²) in [5.41, 5.74) is 1.18. The van der Waals surface area contributed by atoms with Crippen molar-refractivity contribution in [1.82, 2.24) is 20.0 Å². The van der Waals surface area contributed by atoms with Gasteiger partial charge in [0, 0.05) is 51.2 Å². The molecule has 7 heteroatoms. The Kier molecular flexibility index (Phi) is 6.58. The van der Waals surface area contributed by atoms with Gasteiger partial charge in [0.15, 0.2) is 0 Å². The summed E-state index contributed by atoms with van der Waals surface area (Å²) < 4.78 is 5.25. The molecule has 0 aliphatic carbocycles. The second kappa shape index (κ2) is 9.35. The van der Waals surface area contributed by atoms with Gasteiger partial charge in [0.25, 0.3) is 0 Å². The Balaban J connectivity index is 1.38. The molecule has 0 bridgehead atoms. The highest BCUT2D eigenvalue weighted by Crippen LogP contribution is 2.29. The van der Waals surface area contributed by atoms with Gasteiger partial charge in [-0.2, -0.15) is 0 Å². The highest BCUT2D eigenvalue weighted by molar-refractivity contribution is 5.83. The number of carbonyl (C=O) groups excluding carboxylic acids is 2. The van der Waals surface area contributed by atoms with Crippen molar-refractivity contribution in [3.63, 3.8) is 0 Å². The number of fused-ring (bicyclic) bond motifs is 1. The fourth-order valence-corrected chi connectivity index (χ4v) is 5.21. The zero-order chi connectivity index (χ0) is 21.1. The van der Waals surface area contributed by atoms with E-state index in [1.807, 2.05) is 17.0 Å². The average Bonchev–Trinajstić information content (AvgIpc) is 3.42. The molecule has 2 amide bonds. The molecule has 3 fully saturated rings. The van der Waals surface area contributed by atoms with Gasteiger partial charge in [-0.05, 0) is 50.4 Å². The van der Waals surface area contributed by atoms with Crippen LogP contribution in [0.15, 0.2) is 24.3 Å². The largest absolute Gasteiger partial charge is 0.497 e. The lowest BCUT2D eigenvalue weighted by Crippen LogP contribution is -2.49. The summed E-state index contributed by atoms with van der Waals surface area (Å²) >= 11 is 0. The molecule has 1 aromatic rings. The molecule has 1 aromatic carbocycles. The van der Waals surface area contributed by atoms with Crippen molar-refractivity contribution < 1.29 is 14.3 Å². The van der Waals surface area contributed by atoms with E-state index < -0.39 is 0 Å². The van der Waals surface area contributed by atoms with Crippen molar-refractivity contribution in [1.29, 1.82) is 0 Å². The number of hydrogen-bond donors (Lipinski definition) is 1. The van der Waals surface area contributed by atoms with Crippen LogP contribution in [0, 0.1) is 0 Å². The first kappa shape index (κ1) is 21.1. The Hall–Kier alpha value is -2.12. The zero-order valence-electron chi connectivity index (χ0n) is 18.2. The van der Waals surface area contributed by atoms with Crippen LogP contribution in [0.3, 0.4) is 0 Å². The number of nitrogens with zero attached hydrogens (tertiary/aromatic N) is 3. The predicted molar refractivity (Wildman–Crippen MR) is 115 cm³/mol. The van der Waals surface area contributed by atoms with E-state index in [0.29, 0.717) is 13.0 Å². The summed E-state index contributed by atoms with van der Waals surface area (Å²) in [7, 11) is 3.79. The number of likely N-dealkylation sites (N-methyl/N-ethyl adjacent to an activating group) is 1. The molecule has 3 aliphatic rings. The summed E-state index contributed by atoms with van der Waals surface area (Å²) in [5, 5.41) is 3.16. The van der Waals surface area contributed by atoms with E-state index in [1.54, 1.807) is 7.11 Å². The van der Waals surface area contributed by atoms with Crippen LogP contribution in [0.2, 0.25) is 0 Å². The summed E-state index contributed by atoms with van der Waals surface area (Å²) in [6, 6.07) is 8.32. The van der Waals surface area contributed by atoms with Crippen LogP contribution in [0.5, 0.6) is 5.75 Å². The maximum atomic E-state index is 13.0. The molecule has 3 atom stereocenters. The van der Waals surface area contributed by atoms with Gasteiger partial charge in [0.05, 0.1) is 7.11 Å². The molecule has 30 heavy (non-hydrogen) atoms. The second-order valence-electron chi connectivity index (χ2n) is 8.81. The first-order valence-corrected chi connectivity index (χ1v) is 11.2. The summed E-state index contributed by atoms with van der Waals surface area (Å²) in [6.45, 7) is 4.08. The highest BCUT2D eigenvalue weighted by atomic mass is 16.5. The van der Waals surface area contributed by atoms with E-state index in [2.05, 4.69) is 34.3 Å². The van der Waals surface area contributed by atoms with Crippen molar-refractivity contribution in [3.05, 3.63) is 29.8 Å². The van der Waals surface area contributed by atoms with E-state index in [1.165, 1.54) is 5.56 Å². The quantitative estimate of drug-likeness (QED) is 0.764. The summed E-state index contributed by atoms with van der Waals surface area (Å²) in [6.07, 6.45) is 4.59. The number of rotatable bonds is 6. The van der Waals surface area contributed by atoms with Gasteiger partial charge in [-0.3, -0.25) is 19.4 Å². The smallest absolute Gasteiger partial charge is 0.239 e. The standard InChI is InChI=1S/C23H34N4O3/c1-25-18(7-10-21(28)26-12-3-4-13-26)15-24-23(29)22-20(25)11-14-27(22)16-17-5-8-19(30-2)9-6-17/h5-6,8-9,18,20,22H,3-4,7,10-16H2,1-2H3,(H,24,29). The minimum absolute atomic E-state index is 0.117. The van der Waals surface area contributed by atoms with Crippen LogP contribution < -0.4 is 10.1 Å². The molecule has 3 aliphatic heterocycles. The lowest BCUT2D eigenvalue weighted by molar-refractivity contribution is -0.130. The van der Waals surface area contributed by atoms with Crippen molar-refractivity contribution >= 4 is 11.8 Å². The maximum Gasteiger partial charge on any atom is 0.239 e. The minimum Gasteiger partial charge on any atom is -0.497 e. The number of hydrogen-bond acceptors (Lipinski definition) is 5. The van der Waals surface area contributed by atoms with Crippen molar-refractivity contribution in [2.75, 3.05) is 40.3 Å². The van der Waals surface area contributed by atoms with Crippen molar-refractivity contribution in [3.8, 4) is 5.75 Å². The molecular formula is C23H34N4O3. The molecular weight excluding hydrogens is 380 g/mol. The predicted octanol–water partition coefficient (Wildman–Crippen LogP) is 1.47. The van der Waals surface area contributed by atoms with Crippen molar-refractivity contribution in [2.24, 2.45) is 0 Å². The fraction of sp³-hybridized carbons (Fsp3) is 0.652. The molecule has 0 radical (unpaired) electrons. The number of nitrogens with one attached hydrogen (secondary N) is 1. The Morgan fingerprint density at radius 1 is 1.17 bits per heavy atom. The topological polar surface area (TPSA) is 65.1 Å². The van der Waals surface area contributed by atoms with Gasteiger partial charge >= 0.3 is 0 Å². The number of benzene rings is 1. The Morgan fingerprint density at radius 2 is 1.90 bits per heavy atom. The van der Waals surface area contributed by atoms with E-state index >= 15 is 0 Å². The van der Waals surface area contributed by atoms with Crippen LogP contribution in [-0.4, -0.2) is 85.0 Å². The Morgan fingerprint density at radius 3 is 2.60 bits per heavy atom. The second-order valence-corrected chi connectivity index (χ2v) is 8.81. The highest BCUT2D eigenvalue weighted by Gasteiger charge is 2.44. The molecule has 0 spiro atoms. The Labute approximate surface area is 179 Å². The van der Waals surface area contributed by atoms with Crippen LogP contribution in [-0.2, 0) is 16.1 Å². The van der Waals surface area contributed by atoms with Gasteiger partial charge in [0.2, 0.25) is 11.8 Å². The minimum atomic E-state index is -0.142. The first-order valence-electron chi connectivity index (χ1n) is 11.2. The summed E-state index contributed by atoms with van der Waals surface area (Å²) in [4.78, 5) is 32.1. The lowest BCUT2D eigenvalue weighted by atomic mass is 10.0. The molecule has 3 saturated heterocycles. The van der Waals surface area contributed by atoms with Gasteiger partial charge in [-0.25, -0.2) is 0 Å². The number of amides is 2. The fourth-order valence-electron chi connectivity index (χ4n) is 5.21. The van der Waals surface area contributed by atoms with Gasteiger partial charge in [-0.15, -0.1) is 0 Å². The number of likely N-dealkylation sites (tertiary alicyclic amines) is 2. The molecule has 3 heterocycles. The normalized spacial score (nSPS) is 27.6. The van der Waals surface area contributed by atoms with Gasteiger partial charge < -0.3 is 15.0 Å². The van der Waals surface area contributed by atoms with E-state index in [4.69, 9.17) is 4.74 Å². The van der Waals surface area contributed by atoms with Crippen LogP contribution in [0.1, 0.15) is 37.7 Å². The third kappa shape index (κ3) is 4.47. The third-order valence-electron chi connectivity index (χ3n) is 7.04. The van der Waals surface area contributed by atoms with Crippen molar-refractivity contribution in [2.45, 2.75) is 56.8 Å². The number of carbonyl (C=O) groups is 2. The maximum absolute atomic E-state index is 13.0. The van der Waals surface area contributed by atoms with Gasteiger partial charge in [0.1, 0.15) is 11.8 Å². The van der Waals surface area contributed by atoms with Crippen LogP contribution in [0.25, 0.3) is 0 Å². The van der Waals surface area contributed by atoms with E-state index in [-0.39, 0.29) is 29.9 Å². The summed E-state index contributed by atoms with van der Waals surface area (Å²) in [5.74, 6) is 1.23. The Bertz CT molecular complexity index is 747.